The molecule has 0 radical (unpaired) electrons. The molecule has 1 aromatic carbocycles. The van der Waals surface area contributed by atoms with E-state index in [0.29, 0.717) is 5.76 Å². The van der Waals surface area contributed by atoms with E-state index in [-0.39, 0.29) is 23.6 Å². The molecule has 2 N–H and O–H groups in total. The van der Waals surface area contributed by atoms with Gasteiger partial charge in [0.25, 0.3) is 0 Å². The van der Waals surface area contributed by atoms with Crippen LogP contribution < -0.4 is 9.46 Å². The molecule has 7 heteroatoms. The molecule has 0 aliphatic rings. The van der Waals surface area contributed by atoms with Gasteiger partial charge in [-0.25, -0.2) is 13.1 Å². The topological polar surface area (TPSA) is 88.8 Å². The second-order valence-electron chi connectivity index (χ2n) is 4.87. The third kappa shape index (κ3) is 3.88. The van der Waals surface area contributed by atoms with E-state index >= 15 is 0 Å². The molecule has 0 amide bonds. The highest BCUT2D eigenvalue weighted by Gasteiger charge is 2.20. The predicted molar refractivity (Wildman–Crippen MR) is 81.2 cm³/mol. The van der Waals surface area contributed by atoms with E-state index in [2.05, 4.69) is 4.72 Å². The Morgan fingerprint density at radius 1 is 1.36 bits per heavy atom. The summed E-state index contributed by atoms with van der Waals surface area (Å²) in [5, 5.41) is 9.87. The lowest BCUT2D eigenvalue weighted by molar-refractivity contribution is 0.141. The number of methoxy groups -OCH3 is 1. The van der Waals surface area contributed by atoms with Crippen molar-refractivity contribution in [1.82, 2.24) is 4.72 Å². The summed E-state index contributed by atoms with van der Waals surface area (Å²) < 4.78 is 37.3. The summed E-state index contributed by atoms with van der Waals surface area (Å²) in [7, 11) is -2.29. The standard InChI is InChI=1S/C15H19NO5S/c1-11-5-6-14(20-2)15(10-11)22(18,19)16-8-7-12(17)13-4-3-9-21-13/h3-6,9-10,12,16-17H,7-8H2,1-2H3/t12-/m1/s1. The lowest BCUT2D eigenvalue weighted by Gasteiger charge is -2.12. The van der Waals surface area contributed by atoms with Crippen molar-refractivity contribution in [3.8, 4) is 5.75 Å². The van der Waals surface area contributed by atoms with Crippen molar-refractivity contribution in [3.63, 3.8) is 0 Å². The van der Waals surface area contributed by atoms with Crippen LogP contribution in [0.25, 0.3) is 0 Å². The summed E-state index contributed by atoms with van der Waals surface area (Å²) in [6, 6.07) is 8.24. The van der Waals surface area contributed by atoms with E-state index in [9.17, 15) is 13.5 Å². The van der Waals surface area contributed by atoms with Gasteiger partial charge in [0.1, 0.15) is 22.5 Å². The average molecular weight is 325 g/mol. The molecular formula is C15H19NO5S. The van der Waals surface area contributed by atoms with Crippen molar-refractivity contribution in [3.05, 3.63) is 47.9 Å². The van der Waals surface area contributed by atoms with Gasteiger partial charge in [0, 0.05) is 6.54 Å². The predicted octanol–water partition coefficient (Wildman–Crippen LogP) is 2.00. The minimum atomic E-state index is -3.71. The fourth-order valence-electron chi connectivity index (χ4n) is 2.02. The lowest BCUT2D eigenvalue weighted by Crippen LogP contribution is -2.26. The minimum Gasteiger partial charge on any atom is -0.495 e. The Morgan fingerprint density at radius 3 is 2.77 bits per heavy atom. The Morgan fingerprint density at radius 2 is 2.14 bits per heavy atom. The first-order chi connectivity index (χ1) is 10.4. The highest BCUT2D eigenvalue weighted by atomic mass is 32.2. The van der Waals surface area contributed by atoms with Crippen molar-refractivity contribution < 1.29 is 22.7 Å². The molecule has 0 unspecified atom stereocenters. The van der Waals surface area contributed by atoms with E-state index in [1.54, 1.807) is 37.3 Å². The Balaban J connectivity index is 2.04. The van der Waals surface area contributed by atoms with Gasteiger partial charge < -0.3 is 14.3 Å². The zero-order valence-corrected chi connectivity index (χ0v) is 13.3. The molecule has 0 spiro atoms. The molecule has 0 fully saturated rings. The van der Waals surface area contributed by atoms with Gasteiger partial charge in [-0.1, -0.05) is 6.07 Å². The Hall–Kier alpha value is -1.83. The van der Waals surface area contributed by atoms with Crippen LogP contribution in [0.3, 0.4) is 0 Å². The van der Waals surface area contributed by atoms with Gasteiger partial charge >= 0.3 is 0 Å². The molecule has 0 aliphatic carbocycles. The van der Waals surface area contributed by atoms with Gasteiger partial charge in [-0.2, -0.15) is 0 Å². The van der Waals surface area contributed by atoms with E-state index in [4.69, 9.17) is 9.15 Å². The van der Waals surface area contributed by atoms with Crippen LogP contribution in [0.2, 0.25) is 0 Å². The monoisotopic (exact) mass is 325 g/mol. The second kappa shape index (κ2) is 6.95. The lowest BCUT2D eigenvalue weighted by atomic mass is 10.2. The van der Waals surface area contributed by atoms with Crippen LogP contribution in [0.15, 0.2) is 45.9 Å². The number of ether oxygens (including phenoxy) is 1. The van der Waals surface area contributed by atoms with Gasteiger partial charge in [0.2, 0.25) is 10.0 Å². The number of nitrogens with one attached hydrogen (secondary N) is 1. The molecule has 120 valence electrons. The molecule has 2 rings (SSSR count). The van der Waals surface area contributed by atoms with Crippen molar-refractivity contribution >= 4 is 10.0 Å². The third-order valence-electron chi connectivity index (χ3n) is 3.19. The maximum absolute atomic E-state index is 12.3. The molecular weight excluding hydrogens is 306 g/mol. The summed E-state index contributed by atoms with van der Waals surface area (Å²) in [5.41, 5.74) is 0.816. The number of rotatable bonds is 7. The first-order valence-electron chi connectivity index (χ1n) is 6.80. The number of aliphatic hydroxyl groups excluding tert-OH is 1. The normalized spacial score (nSPS) is 13.0. The molecule has 0 bridgehead atoms. The number of aliphatic hydroxyl groups is 1. The van der Waals surface area contributed by atoms with Crippen molar-refractivity contribution in [2.75, 3.05) is 13.7 Å². The molecule has 1 aromatic heterocycles. The van der Waals surface area contributed by atoms with E-state index in [1.165, 1.54) is 13.4 Å². The quantitative estimate of drug-likeness (QED) is 0.813. The summed E-state index contributed by atoms with van der Waals surface area (Å²) in [6.45, 7) is 1.89. The molecule has 6 nitrogen and oxygen atoms in total. The molecule has 1 atom stereocenters. The maximum Gasteiger partial charge on any atom is 0.244 e. The van der Waals surface area contributed by atoms with E-state index in [1.807, 2.05) is 0 Å². The van der Waals surface area contributed by atoms with Crippen molar-refractivity contribution in [1.29, 1.82) is 0 Å². The van der Waals surface area contributed by atoms with Crippen molar-refractivity contribution in [2.45, 2.75) is 24.3 Å². The van der Waals surface area contributed by atoms with Gasteiger partial charge in [-0.05, 0) is 43.2 Å². The Bertz CT molecular complexity index is 710. The average Bonchev–Trinajstić information content (AvgIpc) is 3.01. The summed E-state index contributed by atoms with van der Waals surface area (Å²) >= 11 is 0. The first kappa shape index (κ1) is 16.5. The highest BCUT2D eigenvalue weighted by molar-refractivity contribution is 7.89. The third-order valence-corrected chi connectivity index (χ3v) is 4.67. The molecule has 0 saturated heterocycles. The first-order valence-corrected chi connectivity index (χ1v) is 8.28. The van der Waals surface area contributed by atoms with Crippen LogP contribution in [0.1, 0.15) is 23.8 Å². The smallest absolute Gasteiger partial charge is 0.244 e. The SMILES string of the molecule is COc1ccc(C)cc1S(=O)(=O)NCC[C@@H](O)c1ccco1. The largest absolute Gasteiger partial charge is 0.495 e. The van der Waals surface area contributed by atoms with Crippen LogP contribution >= 0.6 is 0 Å². The molecule has 2 aromatic rings. The van der Waals surface area contributed by atoms with Crippen LogP contribution in [0.5, 0.6) is 5.75 Å². The zero-order chi connectivity index (χ0) is 16.2. The molecule has 22 heavy (non-hydrogen) atoms. The number of hydrogen-bond donors (Lipinski definition) is 2. The fraction of sp³-hybridized carbons (Fsp3) is 0.333. The summed E-state index contributed by atoms with van der Waals surface area (Å²) in [5.74, 6) is 0.692. The number of aryl methyl sites for hydroxylation is 1. The van der Waals surface area contributed by atoms with Gasteiger partial charge in [-0.3, -0.25) is 0 Å². The molecule has 0 aliphatic heterocycles. The summed E-state index contributed by atoms with van der Waals surface area (Å²) in [6.07, 6.45) is 0.818. The highest BCUT2D eigenvalue weighted by Crippen LogP contribution is 2.24. The number of hydrogen-bond acceptors (Lipinski definition) is 5. The maximum atomic E-state index is 12.3. The number of sulfonamides is 1. The van der Waals surface area contributed by atoms with Gasteiger partial charge in [0.05, 0.1) is 13.4 Å². The Kier molecular flexibility index (Phi) is 5.23. The van der Waals surface area contributed by atoms with Gasteiger partial charge in [-0.15, -0.1) is 0 Å². The summed E-state index contributed by atoms with van der Waals surface area (Å²) in [4.78, 5) is 0.0856. The van der Waals surface area contributed by atoms with E-state index < -0.39 is 16.1 Å². The minimum absolute atomic E-state index is 0.0846. The van der Waals surface area contributed by atoms with Gasteiger partial charge in [0.15, 0.2) is 0 Å². The zero-order valence-electron chi connectivity index (χ0n) is 12.4. The fourth-order valence-corrected chi connectivity index (χ4v) is 3.32. The van der Waals surface area contributed by atoms with Crippen LogP contribution in [-0.2, 0) is 10.0 Å². The second-order valence-corrected chi connectivity index (χ2v) is 6.61. The van der Waals surface area contributed by atoms with Crippen molar-refractivity contribution in [2.24, 2.45) is 0 Å². The molecule has 1 heterocycles. The number of furan rings is 1. The molecule has 0 saturated carbocycles. The van der Waals surface area contributed by atoms with Crippen LogP contribution in [-0.4, -0.2) is 27.2 Å². The van der Waals surface area contributed by atoms with E-state index in [0.717, 1.165) is 5.56 Å². The van der Waals surface area contributed by atoms with Crippen LogP contribution in [0.4, 0.5) is 0 Å². The Labute approximate surface area is 129 Å². The van der Waals surface area contributed by atoms with Crippen LogP contribution in [0, 0.1) is 6.92 Å². The number of benzene rings is 1.